The second kappa shape index (κ2) is 6.61. The lowest BCUT2D eigenvalue weighted by Gasteiger charge is -2.19. The highest BCUT2D eigenvalue weighted by Gasteiger charge is 2.38. The Bertz CT molecular complexity index is 936. The van der Waals surface area contributed by atoms with E-state index in [2.05, 4.69) is 25.2 Å². The van der Waals surface area contributed by atoms with Gasteiger partial charge in [0.05, 0.1) is 16.1 Å². The summed E-state index contributed by atoms with van der Waals surface area (Å²) in [6.07, 6.45) is 2.67. The Balaban J connectivity index is 1.55. The van der Waals surface area contributed by atoms with E-state index in [1.807, 2.05) is 37.4 Å². The molecule has 2 heterocycles. The summed E-state index contributed by atoms with van der Waals surface area (Å²) in [7, 11) is 2.00. The molecule has 0 aliphatic heterocycles. The van der Waals surface area contributed by atoms with Gasteiger partial charge in [-0.3, -0.25) is 4.79 Å². The second-order valence-corrected chi connectivity index (χ2v) is 7.22. The minimum atomic E-state index is 0.0249. The quantitative estimate of drug-likeness (QED) is 0.724. The number of pyridine rings is 1. The number of amides is 1. The van der Waals surface area contributed by atoms with E-state index in [4.69, 9.17) is 11.6 Å². The largest absolute Gasteiger partial charge is 0.359 e. The van der Waals surface area contributed by atoms with Crippen molar-refractivity contribution < 1.29 is 4.79 Å². The molecular weight excluding hydrogens is 350 g/mol. The number of hydrogen-bond acceptors (Lipinski definition) is 4. The molecule has 1 saturated carbocycles. The highest BCUT2D eigenvalue weighted by Crippen LogP contribution is 2.34. The van der Waals surface area contributed by atoms with Crippen molar-refractivity contribution in [2.75, 3.05) is 18.5 Å². The summed E-state index contributed by atoms with van der Waals surface area (Å²) < 4.78 is 0. The predicted molar refractivity (Wildman–Crippen MR) is 103 cm³/mol. The number of nitrogens with one attached hydrogen (secondary N) is 2. The van der Waals surface area contributed by atoms with Crippen LogP contribution in [-0.2, 0) is 4.79 Å². The van der Waals surface area contributed by atoms with Crippen LogP contribution in [0.25, 0.3) is 22.4 Å². The van der Waals surface area contributed by atoms with Crippen LogP contribution in [0.15, 0.2) is 36.5 Å². The van der Waals surface area contributed by atoms with Gasteiger partial charge in [0.2, 0.25) is 5.91 Å². The van der Waals surface area contributed by atoms with Crippen molar-refractivity contribution in [3.8, 4) is 11.4 Å². The van der Waals surface area contributed by atoms with Crippen molar-refractivity contribution in [1.82, 2.24) is 20.3 Å². The number of nitrogens with zero attached hydrogens (tertiary/aromatic N) is 3. The highest BCUT2D eigenvalue weighted by molar-refractivity contribution is 6.33. The fourth-order valence-electron chi connectivity index (χ4n) is 3.23. The number of hydrogen-bond donors (Lipinski definition) is 2. The Hall–Kier alpha value is -2.60. The smallest absolute Gasteiger partial charge is 0.217 e. The van der Waals surface area contributed by atoms with E-state index in [0.717, 1.165) is 41.2 Å². The van der Waals surface area contributed by atoms with Crippen LogP contribution in [0.1, 0.15) is 13.3 Å². The topological polar surface area (TPSA) is 73.9 Å². The average molecular weight is 370 g/mol. The maximum Gasteiger partial charge on any atom is 0.217 e. The van der Waals surface area contributed by atoms with Crippen molar-refractivity contribution >= 4 is 34.4 Å². The summed E-state index contributed by atoms with van der Waals surface area (Å²) in [5, 5.41) is 3.52. The van der Waals surface area contributed by atoms with Crippen LogP contribution in [0.5, 0.6) is 0 Å². The number of imidazole rings is 1. The number of carbonyl (C=O) groups is 1. The average Bonchev–Trinajstić information content (AvgIpc) is 3.17. The highest BCUT2D eigenvalue weighted by atomic mass is 35.5. The van der Waals surface area contributed by atoms with Crippen LogP contribution in [0.3, 0.4) is 0 Å². The molecule has 2 unspecified atom stereocenters. The third-order valence-corrected chi connectivity index (χ3v) is 5.00. The Labute approximate surface area is 156 Å². The minimum Gasteiger partial charge on any atom is -0.359 e. The Morgan fingerprint density at radius 2 is 2.23 bits per heavy atom. The van der Waals surface area contributed by atoms with E-state index in [1.165, 1.54) is 0 Å². The number of aromatic nitrogens is 3. The number of carbonyl (C=O) groups excluding carboxylic acids is 1. The molecule has 0 saturated heterocycles. The van der Waals surface area contributed by atoms with Gasteiger partial charge < -0.3 is 15.2 Å². The van der Waals surface area contributed by atoms with E-state index in [0.29, 0.717) is 10.9 Å². The molecule has 2 N–H and O–H groups in total. The summed E-state index contributed by atoms with van der Waals surface area (Å²) in [6.45, 7) is 2.39. The molecule has 6 nitrogen and oxygen atoms in total. The van der Waals surface area contributed by atoms with E-state index >= 15 is 0 Å². The van der Waals surface area contributed by atoms with Crippen LogP contribution in [-0.4, -0.2) is 40.5 Å². The lowest BCUT2D eigenvalue weighted by atomic mass is 10.2. The number of H-pyrrole nitrogens is 1. The summed E-state index contributed by atoms with van der Waals surface area (Å²) in [5.74, 6) is 2.04. The molecule has 26 heavy (non-hydrogen) atoms. The third kappa shape index (κ3) is 3.37. The minimum absolute atomic E-state index is 0.0249. The van der Waals surface area contributed by atoms with E-state index in [9.17, 15) is 4.79 Å². The van der Waals surface area contributed by atoms with Crippen molar-refractivity contribution in [2.45, 2.75) is 19.4 Å². The lowest BCUT2D eigenvalue weighted by Crippen LogP contribution is -2.28. The van der Waals surface area contributed by atoms with Gasteiger partial charge in [-0.25, -0.2) is 9.97 Å². The second-order valence-electron chi connectivity index (χ2n) is 6.81. The lowest BCUT2D eigenvalue weighted by molar-refractivity contribution is -0.119. The molecule has 4 rings (SSSR count). The summed E-state index contributed by atoms with van der Waals surface area (Å²) in [6, 6.07) is 10.1. The molecule has 1 aliphatic rings. The van der Waals surface area contributed by atoms with Crippen LogP contribution in [0.2, 0.25) is 5.02 Å². The third-order valence-electron chi connectivity index (χ3n) is 4.70. The first-order chi connectivity index (χ1) is 12.5. The number of aromatic amines is 1. The van der Waals surface area contributed by atoms with Crippen LogP contribution >= 0.6 is 11.6 Å². The summed E-state index contributed by atoms with van der Waals surface area (Å²) in [5.41, 5.74) is 2.71. The van der Waals surface area contributed by atoms with Gasteiger partial charge in [-0.2, -0.15) is 0 Å². The van der Waals surface area contributed by atoms with Crippen molar-refractivity contribution in [2.24, 2.45) is 5.92 Å². The first-order valence-electron chi connectivity index (χ1n) is 8.60. The van der Waals surface area contributed by atoms with Crippen molar-refractivity contribution in [3.05, 3.63) is 41.6 Å². The number of anilines is 1. The molecule has 134 valence electrons. The normalized spacial score (nSPS) is 18.7. The van der Waals surface area contributed by atoms with Gasteiger partial charge in [-0.15, -0.1) is 0 Å². The van der Waals surface area contributed by atoms with E-state index in [-0.39, 0.29) is 11.9 Å². The maximum atomic E-state index is 11.1. The Morgan fingerprint density at radius 1 is 1.42 bits per heavy atom. The van der Waals surface area contributed by atoms with Gasteiger partial charge in [-0.1, -0.05) is 23.7 Å². The van der Waals surface area contributed by atoms with Crippen LogP contribution in [0, 0.1) is 5.92 Å². The van der Waals surface area contributed by atoms with Gasteiger partial charge in [0.25, 0.3) is 0 Å². The fourth-order valence-corrected chi connectivity index (χ4v) is 3.42. The maximum absolute atomic E-state index is 11.1. The Morgan fingerprint density at radius 3 is 3.00 bits per heavy atom. The first kappa shape index (κ1) is 16.8. The van der Waals surface area contributed by atoms with Crippen molar-refractivity contribution in [3.63, 3.8) is 0 Å². The Kier molecular flexibility index (Phi) is 4.28. The van der Waals surface area contributed by atoms with Gasteiger partial charge >= 0.3 is 0 Å². The van der Waals surface area contributed by atoms with Gasteiger partial charge in [0, 0.05) is 38.3 Å². The zero-order chi connectivity index (χ0) is 18.3. The number of rotatable bonds is 5. The zero-order valence-corrected chi connectivity index (χ0v) is 15.4. The first-order valence-corrected chi connectivity index (χ1v) is 8.98. The number of para-hydroxylation sites is 2. The molecular formula is C19H20ClN5O. The molecule has 2 aromatic heterocycles. The van der Waals surface area contributed by atoms with Gasteiger partial charge in [-0.05, 0) is 30.5 Å². The van der Waals surface area contributed by atoms with E-state index < -0.39 is 0 Å². The molecule has 2 atom stereocenters. The standard InChI is InChI=1S/C19H20ClN5O/c1-11(26)22-17-7-12(17)10-25(2)18-8-13(14(20)9-21-18)19-23-15-5-3-4-6-16(15)24-19/h3-6,8-9,12,17H,7,10H2,1-2H3,(H,22,26)(H,23,24). The molecule has 0 radical (unpaired) electrons. The number of halogens is 1. The number of benzene rings is 1. The molecule has 7 heteroatoms. The van der Waals surface area contributed by atoms with Crippen molar-refractivity contribution in [1.29, 1.82) is 0 Å². The molecule has 0 spiro atoms. The molecule has 1 aromatic carbocycles. The van der Waals surface area contributed by atoms with E-state index in [1.54, 1.807) is 13.1 Å². The predicted octanol–water partition coefficient (Wildman–Crippen LogP) is 3.24. The molecule has 1 amide bonds. The monoisotopic (exact) mass is 369 g/mol. The summed E-state index contributed by atoms with van der Waals surface area (Å²) in [4.78, 5) is 25.6. The van der Waals surface area contributed by atoms with Crippen LogP contribution in [0.4, 0.5) is 5.82 Å². The van der Waals surface area contributed by atoms with Crippen LogP contribution < -0.4 is 10.2 Å². The van der Waals surface area contributed by atoms with Gasteiger partial charge in [0.1, 0.15) is 11.6 Å². The SMILES string of the molecule is CC(=O)NC1CC1CN(C)c1cc(-c2nc3ccccc3[nH]2)c(Cl)cn1. The fraction of sp³-hybridized carbons (Fsp3) is 0.316. The zero-order valence-electron chi connectivity index (χ0n) is 14.7. The number of fused-ring (bicyclic) bond motifs is 1. The molecule has 0 bridgehead atoms. The van der Waals surface area contributed by atoms with Gasteiger partial charge in [0.15, 0.2) is 0 Å². The molecule has 1 aliphatic carbocycles. The molecule has 1 fully saturated rings. The summed E-state index contributed by atoms with van der Waals surface area (Å²) >= 11 is 6.37. The molecule has 3 aromatic rings.